The number of nitrogens with zero attached hydrogens (tertiary/aromatic N) is 1. The van der Waals surface area contributed by atoms with Crippen molar-refractivity contribution in [2.24, 2.45) is 0 Å². The first-order valence-corrected chi connectivity index (χ1v) is 8.40. The molecule has 124 valence electrons. The van der Waals surface area contributed by atoms with E-state index in [9.17, 15) is 18.0 Å². The Balaban J connectivity index is 2.01. The van der Waals surface area contributed by atoms with Gasteiger partial charge in [-0.25, -0.2) is 27.3 Å². The van der Waals surface area contributed by atoms with E-state index in [0.29, 0.717) is 15.8 Å². The highest BCUT2D eigenvalue weighted by atomic mass is 32.2. The quantitative estimate of drug-likeness (QED) is 0.600. The maximum Gasteiger partial charge on any atom is 0.344 e. The van der Waals surface area contributed by atoms with E-state index in [1.807, 2.05) is 11.6 Å². The van der Waals surface area contributed by atoms with E-state index in [0.717, 1.165) is 5.56 Å². The number of hydrogen-bond acceptors (Lipinski definition) is 5. The number of sulfonamides is 1. The van der Waals surface area contributed by atoms with Crippen molar-refractivity contribution in [2.75, 3.05) is 5.73 Å². The molecular weight excluding hydrogens is 332 g/mol. The third-order valence-corrected chi connectivity index (χ3v) is 4.80. The zero-order valence-electron chi connectivity index (χ0n) is 12.6. The minimum atomic E-state index is -4.10. The van der Waals surface area contributed by atoms with Crippen molar-refractivity contribution in [3.63, 3.8) is 0 Å². The van der Waals surface area contributed by atoms with Crippen molar-refractivity contribution in [2.45, 2.75) is 11.8 Å². The number of fused-ring (bicyclic) bond motifs is 1. The van der Waals surface area contributed by atoms with E-state index in [1.165, 1.54) is 24.3 Å². The number of hydrogen-bond donors (Lipinski definition) is 3. The van der Waals surface area contributed by atoms with Gasteiger partial charge in [0.25, 0.3) is 10.0 Å². The fourth-order valence-corrected chi connectivity index (χ4v) is 3.19. The highest BCUT2D eigenvalue weighted by Gasteiger charge is 2.21. The smallest absolute Gasteiger partial charge is 0.344 e. The van der Waals surface area contributed by atoms with Crippen LogP contribution in [-0.4, -0.2) is 24.0 Å². The van der Waals surface area contributed by atoms with Crippen LogP contribution in [0.3, 0.4) is 0 Å². The molecule has 0 unspecified atom stereocenters. The maximum absolute atomic E-state index is 12.3. The Kier molecular flexibility index (Phi) is 3.64. The van der Waals surface area contributed by atoms with Gasteiger partial charge in [0.05, 0.1) is 15.9 Å². The van der Waals surface area contributed by atoms with Crippen molar-refractivity contribution in [3.05, 3.63) is 58.5 Å². The van der Waals surface area contributed by atoms with Crippen molar-refractivity contribution < 1.29 is 13.2 Å². The fourth-order valence-electron chi connectivity index (χ4n) is 2.26. The number of aromatic amines is 1. The first-order chi connectivity index (χ1) is 11.3. The second-order valence-corrected chi connectivity index (χ2v) is 6.95. The van der Waals surface area contributed by atoms with Crippen molar-refractivity contribution in [1.82, 2.24) is 14.3 Å². The summed E-state index contributed by atoms with van der Waals surface area (Å²) in [7, 11) is -4.10. The predicted octanol–water partition coefficient (Wildman–Crippen LogP) is 1.17. The number of aryl methyl sites for hydroxylation is 1. The number of H-pyrrole nitrogens is 1. The highest BCUT2D eigenvalue weighted by molar-refractivity contribution is 7.90. The zero-order chi connectivity index (χ0) is 17.5. The molecule has 0 aliphatic rings. The number of nitrogens with two attached hydrogens (primary N) is 1. The number of amides is 1. The molecule has 0 aliphatic carbocycles. The highest BCUT2D eigenvalue weighted by Crippen LogP contribution is 2.15. The molecule has 9 heteroatoms. The summed E-state index contributed by atoms with van der Waals surface area (Å²) in [6.07, 6.45) is 0. The largest absolute Gasteiger partial charge is 0.399 e. The summed E-state index contributed by atoms with van der Waals surface area (Å²) in [4.78, 5) is 26.7. The second-order valence-electron chi connectivity index (χ2n) is 5.27. The molecule has 0 atom stereocenters. The van der Waals surface area contributed by atoms with Crippen molar-refractivity contribution >= 4 is 32.8 Å². The fraction of sp³-hybridized carbons (Fsp3) is 0.0667. The van der Waals surface area contributed by atoms with Gasteiger partial charge in [-0.05, 0) is 37.3 Å². The number of anilines is 1. The Morgan fingerprint density at radius 1 is 1.17 bits per heavy atom. The minimum Gasteiger partial charge on any atom is -0.399 e. The molecule has 4 N–H and O–H groups in total. The lowest BCUT2D eigenvalue weighted by Gasteiger charge is -2.08. The molecule has 0 spiro atoms. The summed E-state index contributed by atoms with van der Waals surface area (Å²) in [6.45, 7) is 1.81. The molecule has 1 amide bonds. The lowest BCUT2D eigenvalue weighted by molar-refractivity contribution is 0.247. The van der Waals surface area contributed by atoms with Gasteiger partial charge in [0, 0.05) is 5.69 Å². The number of rotatable bonds is 2. The minimum absolute atomic E-state index is 0.0751. The topological polar surface area (TPSA) is 127 Å². The Labute approximate surface area is 137 Å². The Bertz CT molecular complexity index is 1090. The molecule has 8 nitrogen and oxygen atoms in total. The number of benzene rings is 2. The molecule has 24 heavy (non-hydrogen) atoms. The summed E-state index contributed by atoms with van der Waals surface area (Å²) in [6, 6.07) is 9.38. The van der Waals surface area contributed by atoms with Crippen LogP contribution in [0.4, 0.5) is 10.5 Å². The van der Waals surface area contributed by atoms with Gasteiger partial charge in [-0.3, -0.25) is 0 Å². The van der Waals surface area contributed by atoms with Crippen LogP contribution in [0, 0.1) is 6.92 Å². The summed E-state index contributed by atoms with van der Waals surface area (Å²) in [5, 5.41) is 0. The van der Waals surface area contributed by atoms with Crippen LogP contribution in [0.1, 0.15) is 5.56 Å². The number of carbonyl (C=O) groups is 1. The molecular formula is C15H14N4O4S. The molecule has 0 saturated heterocycles. The summed E-state index contributed by atoms with van der Waals surface area (Å²) < 4.78 is 27.1. The molecule has 0 radical (unpaired) electrons. The van der Waals surface area contributed by atoms with Crippen molar-refractivity contribution in [3.8, 4) is 0 Å². The van der Waals surface area contributed by atoms with Crippen LogP contribution in [0.2, 0.25) is 0 Å². The molecule has 2 aromatic carbocycles. The number of carbonyl (C=O) groups excluding carboxylic acids is 1. The van der Waals surface area contributed by atoms with Crippen LogP contribution >= 0.6 is 0 Å². The van der Waals surface area contributed by atoms with E-state index in [4.69, 9.17) is 5.73 Å². The number of aromatic nitrogens is 2. The standard InChI is InChI=1S/C15H14N4O4S/c1-9-2-5-11(6-3-9)24(22,23)18-15(21)19-13-8-10(16)4-7-12(13)17-14(19)20/h2-8H,16H2,1H3,(H,17,20)(H,18,21). The lowest BCUT2D eigenvalue weighted by Crippen LogP contribution is -2.38. The summed E-state index contributed by atoms with van der Waals surface area (Å²) >= 11 is 0. The average Bonchev–Trinajstić information content (AvgIpc) is 2.82. The predicted molar refractivity (Wildman–Crippen MR) is 89.3 cm³/mol. The molecule has 1 aromatic heterocycles. The first kappa shape index (κ1) is 15.8. The third kappa shape index (κ3) is 2.76. The summed E-state index contributed by atoms with van der Waals surface area (Å²) in [5.74, 6) is 0. The van der Waals surface area contributed by atoms with Gasteiger partial charge in [0.1, 0.15) is 0 Å². The lowest BCUT2D eigenvalue weighted by atomic mass is 10.2. The van der Waals surface area contributed by atoms with Gasteiger partial charge < -0.3 is 10.7 Å². The monoisotopic (exact) mass is 346 g/mol. The first-order valence-electron chi connectivity index (χ1n) is 6.92. The molecule has 0 bridgehead atoms. The van der Waals surface area contributed by atoms with Gasteiger partial charge in [0.15, 0.2) is 0 Å². The molecule has 0 aliphatic heterocycles. The number of imidazole rings is 1. The molecule has 3 rings (SSSR count). The number of nitrogens with one attached hydrogen (secondary N) is 2. The van der Waals surface area contributed by atoms with Crippen molar-refractivity contribution in [1.29, 1.82) is 0 Å². The van der Waals surface area contributed by atoms with E-state index in [2.05, 4.69) is 4.98 Å². The van der Waals surface area contributed by atoms with E-state index >= 15 is 0 Å². The SMILES string of the molecule is Cc1ccc(S(=O)(=O)NC(=O)n2c(=O)[nH]c3ccc(N)cc32)cc1. The Morgan fingerprint density at radius 2 is 1.83 bits per heavy atom. The third-order valence-electron chi connectivity index (χ3n) is 3.46. The normalized spacial score (nSPS) is 11.5. The van der Waals surface area contributed by atoms with E-state index in [-0.39, 0.29) is 10.4 Å². The second kappa shape index (κ2) is 5.53. The van der Waals surface area contributed by atoms with E-state index < -0.39 is 21.7 Å². The van der Waals surface area contributed by atoms with Crippen LogP contribution < -0.4 is 16.1 Å². The Morgan fingerprint density at radius 3 is 2.50 bits per heavy atom. The van der Waals surface area contributed by atoms with Crippen LogP contribution in [-0.2, 0) is 10.0 Å². The molecule has 1 heterocycles. The van der Waals surface area contributed by atoms with Gasteiger partial charge in [-0.2, -0.15) is 0 Å². The molecule has 3 aromatic rings. The Hall–Kier alpha value is -3.07. The summed E-state index contributed by atoms with van der Waals surface area (Å²) in [5.41, 5.74) is 6.68. The van der Waals surface area contributed by atoms with Gasteiger partial charge in [0.2, 0.25) is 0 Å². The van der Waals surface area contributed by atoms with Crippen LogP contribution in [0.5, 0.6) is 0 Å². The average molecular weight is 346 g/mol. The zero-order valence-corrected chi connectivity index (χ0v) is 13.4. The van der Waals surface area contributed by atoms with Gasteiger partial charge >= 0.3 is 11.7 Å². The maximum atomic E-state index is 12.3. The molecule has 0 saturated carbocycles. The van der Waals surface area contributed by atoms with Crippen LogP contribution in [0.25, 0.3) is 11.0 Å². The van der Waals surface area contributed by atoms with E-state index in [1.54, 1.807) is 18.2 Å². The van der Waals surface area contributed by atoms with Gasteiger partial charge in [-0.1, -0.05) is 17.7 Å². The van der Waals surface area contributed by atoms with Gasteiger partial charge in [-0.15, -0.1) is 0 Å². The molecule has 0 fully saturated rings. The van der Waals surface area contributed by atoms with Crippen LogP contribution in [0.15, 0.2) is 52.2 Å². The number of nitrogen functional groups attached to an aromatic ring is 1.